The Morgan fingerprint density at radius 3 is 2.50 bits per heavy atom. The van der Waals surface area contributed by atoms with Gasteiger partial charge in [-0.2, -0.15) is 0 Å². The summed E-state index contributed by atoms with van der Waals surface area (Å²) >= 11 is 5.91. The van der Waals surface area contributed by atoms with Gasteiger partial charge in [-0.3, -0.25) is 4.79 Å². The van der Waals surface area contributed by atoms with Crippen LogP contribution in [0, 0.1) is 0 Å². The van der Waals surface area contributed by atoms with Crippen LogP contribution in [-0.4, -0.2) is 25.0 Å². The van der Waals surface area contributed by atoms with Crippen LogP contribution in [0.25, 0.3) is 6.08 Å². The number of pyridine rings is 1. The molecule has 2 aromatic carbocycles. The quantitative estimate of drug-likeness (QED) is 0.430. The fourth-order valence-corrected chi connectivity index (χ4v) is 2.72. The highest BCUT2D eigenvalue weighted by Crippen LogP contribution is 2.28. The van der Waals surface area contributed by atoms with Crippen LogP contribution in [0.3, 0.4) is 0 Å². The highest BCUT2D eigenvalue weighted by atomic mass is 35.5. The molecule has 1 N–H and O–H groups in total. The summed E-state index contributed by atoms with van der Waals surface area (Å²) in [6.07, 6.45) is 4.86. The van der Waals surface area contributed by atoms with Gasteiger partial charge in [0.2, 0.25) is 0 Å². The van der Waals surface area contributed by atoms with E-state index in [-0.39, 0.29) is 5.78 Å². The van der Waals surface area contributed by atoms with Crippen LogP contribution < -0.4 is 14.8 Å². The van der Waals surface area contributed by atoms with Crippen molar-refractivity contribution >= 4 is 35.0 Å². The minimum Gasteiger partial charge on any atom is -0.493 e. The highest BCUT2D eigenvalue weighted by molar-refractivity contribution is 6.30. The van der Waals surface area contributed by atoms with E-state index in [9.17, 15) is 4.79 Å². The molecule has 0 saturated heterocycles. The predicted molar refractivity (Wildman–Crippen MR) is 112 cm³/mol. The summed E-state index contributed by atoms with van der Waals surface area (Å²) < 4.78 is 10.5. The number of methoxy groups -OCH3 is 2. The number of ether oxygens (including phenoxy) is 2. The van der Waals surface area contributed by atoms with E-state index in [0.29, 0.717) is 27.9 Å². The summed E-state index contributed by atoms with van der Waals surface area (Å²) in [5.41, 5.74) is 2.08. The Bertz CT molecular complexity index is 1000. The number of benzene rings is 2. The molecular formula is C22H19ClN2O3. The molecule has 142 valence electrons. The molecule has 1 aromatic heterocycles. The third kappa shape index (κ3) is 4.69. The maximum absolute atomic E-state index is 12.7. The minimum atomic E-state index is -0.167. The van der Waals surface area contributed by atoms with Gasteiger partial charge in [0.05, 0.1) is 19.8 Å². The molecule has 5 nitrogen and oxygen atoms in total. The Labute approximate surface area is 168 Å². The molecule has 0 saturated carbocycles. The number of carbonyl (C=O) groups excluding carboxylic acids is 1. The van der Waals surface area contributed by atoms with Crippen LogP contribution in [0.5, 0.6) is 11.5 Å². The van der Waals surface area contributed by atoms with Crippen molar-refractivity contribution in [3.63, 3.8) is 0 Å². The zero-order valence-electron chi connectivity index (χ0n) is 15.5. The molecule has 3 rings (SSSR count). The largest absolute Gasteiger partial charge is 0.493 e. The van der Waals surface area contributed by atoms with Crippen molar-refractivity contribution in [3.05, 3.63) is 83.0 Å². The smallest absolute Gasteiger partial charge is 0.189 e. The van der Waals surface area contributed by atoms with Gasteiger partial charge in [-0.05, 0) is 60.2 Å². The topological polar surface area (TPSA) is 60.5 Å². The Kier molecular flexibility index (Phi) is 6.29. The molecule has 0 aliphatic rings. The molecule has 1 heterocycles. The van der Waals surface area contributed by atoms with Crippen molar-refractivity contribution in [1.82, 2.24) is 4.98 Å². The van der Waals surface area contributed by atoms with Gasteiger partial charge in [-0.15, -0.1) is 0 Å². The number of hydrogen-bond donors (Lipinski definition) is 1. The van der Waals surface area contributed by atoms with Crippen LogP contribution >= 0.6 is 11.6 Å². The molecular weight excluding hydrogens is 376 g/mol. The molecule has 0 aliphatic heterocycles. The molecule has 0 unspecified atom stereocenters. The van der Waals surface area contributed by atoms with E-state index in [1.807, 2.05) is 18.2 Å². The molecule has 0 aliphatic carbocycles. The molecule has 0 fully saturated rings. The van der Waals surface area contributed by atoms with Crippen molar-refractivity contribution in [3.8, 4) is 11.5 Å². The van der Waals surface area contributed by atoms with Crippen molar-refractivity contribution in [2.75, 3.05) is 19.5 Å². The number of rotatable bonds is 7. The number of carbonyl (C=O) groups is 1. The summed E-state index contributed by atoms with van der Waals surface area (Å²) in [4.78, 5) is 17.0. The second-order valence-electron chi connectivity index (χ2n) is 5.84. The fourth-order valence-electron chi connectivity index (χ4n) is 2.59. The lowest BCUT2D eigenvalue weighted by Crippen LogP contribution is -2.03. The van der Waals surface area contributed by atoms with Gasteiger partial charge < -0.3 is 14.8 Å². The highest BCUT2D eigenvalue weighted by Gasteiger charge is 2.10. The van der Waals surface area contributed by atoms with E-state index in [4.69, 9.17) is 21.1 Å². The van der Waals surface area contributed by atoms with Crippen LogP contribution in [0.1, 0.15) is 15.9 Å². The van der Waals surface area contributed by atoms with Gasteiger partial charge in [-0.1, -0.05) is 23.7 Å². The summed E-state index contributed by atoms with van der Waals surface area (Å²) in [5.74, 6) is 1.54. The van der Waals surface area contributed by atoms with Crippen LogP contribution in [-0.2, 0) is 0 Å². The predicted octanol–water partition coefficient (Wildman–Crippen LogP) is 5.39. The van der Waals surface area contributed by atoms with Crippen molar-refractivity contribution < 1.29 is 14.3 Å². The summed E-state index contributed by atoms with van der Waals surface area (Å²) in [7, 11) is 3.15. The summed E-state index contributed by atoms with van der Waals surface area (Å²) in [6, 6.07) is 16.1. The maximum Gasteiger partial charge on any atom is 0.189 e. The van der Waals surface area contributed by atoms with Gasteiger partial charge in [0.25, 0.3) is 0 Å². The molecule has 28 heavy (non-hydrogen) atoms. The van der Waals surface area contributed by atoms with E-state index in [2.05, 4.69) is 10.3 Å². The first-order valence-corrected chi connectivity index (χ1v) is 8.90. The van der Waals surface area contributed by atoms with E-state index in [0.717, 1.165) is 11.3 Å². The van der Waals surface area contributed by atoms with Crippen molar-refractivity contribution in [1.29, 1.82) is 0 Å². The average Bonchev–Trinajstić information content (AvgIpc) is 2.73. The average molecular weight is 395 g/mol. The number of allylic oxidation sites excluding steroid dienone is 1. The molecule has 0 bridgehead atoms. The van der Waals surface area contributed by atoms with Gasteiger partial charge in [0, 0.05) is 16.9 Å². The van der Waals surface area contributed by atoms with E-state index < -0.39 is 0 Å². The number of halogens is 1. The number of nitrogens with one attached hydrogen (secondary N) is 1. The minimum absolute atomic E-state index is 0.167. The van der Waals surface area contributed by atoms with E-state index >= 15 is 0 Å². The Morgan fingerprint density at radius 2 is 1.79 bits per heavy atom. The standard InChI is InChI=1S/C22H19ClN2O3/c1-27-20-12-6-15(14-21(20)28-2)5-11-19(26)18-4-3-13-24-22(18)25-17-9-7-16(23)8-10-17/h3-14H,1-2H3,(H,24,25)/b11-5+. The molecule has 3 aromatic rings. The second-order valence-corrected chi connectivity index (χ2v) is 6.28. The van der Waals surface area contributed by atoms with Crippen LogP contribution in [0.15, 0.2) is 66.9 Å². The first-order valence-electron chi connectivity index (χ1n) is 8.53. The lowest BCUT2D eigenvalue weighted by Gasteiger charge is -2.09. The summed E-state index contributed by atoms with van der Waals surface area (Å²) in [5, 5.41) is 3.79. The lowest BCUT2D eigenvalue weighted by molar-refractivity contribution is 0.104. The van der Waals surface area contributed by atoms with E-state index in [1.54, 1.807) is 62.9 Å². The molecule has 0 amide bonds. The summed E-state index contributed by atoms with van der Waals surface area (Å²) in [6.45, 7) is 0. The number of aromatic nitrogens is 1. The SMILES string of the molecule is COc1ccc(/C=C/C(=O)c2cccnc2Nc2ccc(Cl)cc2)cc1OC. The van der Waals surface area contributed by atoms with Gasteiger partial charge >= 0.3 is 0 Å². The van der Waals surface area contributed by atoms with Gasteiger partial charge in [0.1, 0.15) is 5.82 Å². The number of hydrogen-bond acceptors (Lipinski definition) is 5. The number of nitrogens with zero attached hydrogens (tertiary/aromatic N) is 1. The first kappa shape index (κ1) is 19.5. The van der Waals surface area contributed by atoms with Gasteiger partial charge in [0.15, 0.2) is 17.3 Å². The normalized spacial score (nSPS) is 10.7. The maximum atomic E-state index is 12.7. The monoisotopic (exact) mass is 394 g/mol. The Balaban J connectivity index is 1.81. The lowest BCUT2D eigenvalue weighted by atomic mass is 10.1. The third-order valence-electron chi connectivity index (χ3n) is 4.01. The second kappa shape index (κ2) is 9.06. The van der Waals surface area contributed by atoms with Crippen molar-refractivity contribution in [2.45, 2.75) is 0 Å². The molecule has 6 heteroatoms. The Morgan fingerprint density at radius 1 is 1.04 bits per heavy atom. The van der Waals surface area contributed by atoms with Crippen LogP contribution in [0.4, 0.5) is 11.5 Å². The van der Waals surface area contributed by atoms with Gasteiger partial charge in [-0.25, -0.2) is 4.98 Å². The molecule has 0 atom stereocenters. The third-order valence-corrected chi connectivity index (χ3v) is 4.27. The zero-order valence-corrected chi connectivity index (χ0v) is 16.2. The fraction of sp³-hybridized carbons (Fsp3) is 0.0909. The number of anilines is 2. The van der Waals surface area contributed by atoms with Crippen molar-refractivity contribution in [2.24, 2.45) is 0 Å². The zero-order chi connectivity index (χ0) is 19.9. The Hall–Kier alpha value is -3.31. The molecule has 0 spiro atoms. The van der Waals surface area contributed by atoms with E-state index in [1.165, 1.54) is 6.08 Å². The van der Waals surface area contributed by atoms with Crippen LogP contribution in [0.2, 0.25) is 5.02 Å². The molecule has 0 radical (unpaired) electrons. The first-order chi connectivity index (χ1) is 13.6. The number of ketones is 1.